The first-order valence-electron chi connectivity index (χ1n) is 10.0. The molecule has 0 saturated heterocycles. The molecule has 11 nitrogen and oxygen atoms in total. The van der Waals surface area contributed by atoms with Crippen LogP contribution in [0.3, 0.4) is 0 Å². The Kier molecular flexibility index (Phi) is 7.96. The topological polar surface area (TPSA) is 141 Å². The Morgan fingerprint density at radius 2 is 1.67 bits per heavy atom. The molecule has 3 N–H and O–H groups in total. The van der Waals surface area contributed by atoms with Crippen LogP contribution in [-0.4, -0.2) is 54.2 Å². The minimum Gasteiger partial charge on any atom is -0.493 e. The highest BCUT2D eigenvalue weighted by atomic mass is 32.2. The van der Waals surface area contributed by atoms with Crippen LogP contribution >= 0.6 is 0 Å². The number of benzene rings is 2. The molecule has 1 heterocycles. The van der Waals surface area contributed by atoms with E-state index in [-0.39, 0.29) is 23.4 Å². The Morgan fingerprint density at radius 1 is 0.939 bits per heavy atom. The molecule has 3 rings (SSSR count). The van der Waals surface area contributed by atoms with Gasteiger partial charge in [-0.15, -0.1) is 0 Å². The number of hydrogen-bond acceptors (Lipinski definition) is 8. The molecule has 2 aromatic carbocycles. The minimum atomic E-state index is -3.87. The molecule has 0 radical (unpaired) electrons. The lowest BCUT2D eigenvalue weighted by Gasteiger charge is -2.12. The summed E-state index contributed by atoms with van der Waals surface area (Å²) in [6, 6.07) is 8.84. The van der Waals surface area contributed by atoms with Crippen LogP contribution in [0, 0.1) is 0 Å². The molecule has 0 aliphatic carbocycles. The van der Waals surface area contributed by atoms with E-state index in [0.717, 1.165) is 0 Å². The number of nitrogens with one attached hydrogen (secondary N) is 3. The second-order valence-corrected chi connectivity index (χ2v) is 8.65. The summed E-state index contributed by atoms with van der Waals surface area (Å²) in [4.78, 5) is 24.2. The predicted molar refractivity (Wildman–Crippen MR) is 117 cm³/mol. The predicted octanol–water partition coefficient (Wildman–Crippen LogP) is 0.995. The van der Waals surface area contributed by atoms with Gasteiger partial charge in [0.25, 0.3) is 5.91 Å². The molecule has 0 saturated carbocycles. The number of carbonyl (C=O) groups excluding carboxylic acids is 2. The van der Waals surface area contributed by atoms with E-state index in [2.05, 4.69) is 15.6 Å². The lowest BCUT2D eigenvalue weighted by atomic mass is 10.2. The van der Waals surface area contributed by atoms with Gasteiger partial charge in [0.05, 0.1) is 32.3 Å². The lowest BCUT2D eigenvalue weighted by Crippen LogP contribution is -2.42. The van der Waals surface area contributed by atoms with Gasteiger partial charge in [-0.2, -0.15) is 0 Å². The SMILES string of the molecule is COc1ccc(C(=O)NNC(=O)CCNS(=O)(=O)c2ccc3c(c2)OCCCO3)cc1OC. The highest BCUT2D eigenvalue weighted by Gasteiger charge is 2.19. The number of methoxy groups -OCH3 is 2. The molecule has 178 valence electrons. The van der Waals surface area contributed by atoms with Crippen molar-refractivity contribution in [1.82, 2.24) is 15.6 Å². The Morgan fingerprint density at radius 3 is 2.39 bits per heavy atom. The average molecular weight is 480 g/mol. The number of hydrogen-bond donors (Lipinski definition) is 3. The number of ether oxygens (including phenoxy) is 4. The summed E-state index contributed by atoms with van der Waals surface area (Å²) in [5.41, 5.74) is 4.74. The van der Waals surface area contributed by atoms with Gasteiger partial charge in [-0.05, 0) is 30.3 Å². The Hall–Kier alpha value is -3.51. The first-order chi connectivity index (χ1) is 15.8. The molecule has 1 aliphatic heterocycles. The van der Waals surface area contributed by atoms with Crippen LogP contribution in [0.2, 0.25) is 0 Å². The van der Waals surface area contributed by atoms with Crippen molar-refractivity contribution < 1.29 is 37.0 Å². The summed E-state index contributed by atoms with van der Waals surface area (Å²) in [6.45, 7) is 0.753. The van der Waals surface area contributed by atoms with E-state index >= 15 is 0 Å². The monoisotopic (exact) mass is 479 g/mol. The summed E-state index contributed by atoms with van der Waals surface area (Å²) < 4.78 is 48.6. The first-order valence-corrected chi connectivity index (χ1v) is 11.5. The summed E-state index contributed by atoms with van der Waals surface area (Å²) in [6.07, 6.45) is 0.503. The van der Waals surface area contributed by atoms with Gasteiger partial charge < -0.3 is 18.9 Å². The molecule has 0 fully saturated rings. The van der Waals surface area contributed by atoms with Crippen molar-refractivity contribution in [3.8, 4) is 23.0 Å². The van der Waals surface area contributed by atoms with E-state index < -0.39 is 21.8 Å². The number of rotatable bonds is 8. The third kappa shape index (κ3) is 6.26. The number of fused-ring (bicyclic) bond motifs is 1. The Bertz CT molecular complexity index is 1120. The van der Waals surface area contributed by atoms with Crippen LogP contribution in [0.25, 0.3) is 0 Å². The quantitative estimate of drug-likeness (QED) is 0.476. The molecule has 2 amide bonds. The van der Waals surface area contributed by atoms with E-state index in [1.807, 2.05) is 0 Å². The second-order valence-electron chi connectivity index (χ2n) is 6.88. The lowest BCUT2D eigenvalue weighted by molar-refractivity contribution is -0.121. The van der Waals surface area contributed by atoms with Crippen molar-refractivity contribution in [2.24, 2.45) is 0 Å². The zero-order valence-corrected chi connectivity index (χ0v) is 19.0. The number of amides is 2. The molecule has 0 spiro atoms. The van der Waals surface area contributed by atoms with Gasteiger partial charge in [-0.1, -0.05) is 0 Å². The third-order valence-corrected chi connectivity index (χ3v) is 6.09. The molecule has 0 aromatic heterocycles. The third-order valence-electron chi connectivity index (χ3n) is 4.63. The van der Waals surface area contributed by atoms with E-state index in [9.17, 15) is 18.0 Å². The van der Waals surface area contributed by atoms with Gasteiger partial charge in [0.15, 0.2) is 23.0 Å². The molecule has 2 aromatic rings. The van der Waals surface area contributed by atoms with E-state index in [1.54, 1.807) is 6.07 Å². The van der Waals surface area contributed by atoms with Gasteiger partial charge in [0, 0.05) is 31.0 Å². The van der Waals surface area contributed by atoms with Crippen molar-refractivity contribution in [3.63, 3.8) is 0 Å². The molecule has 12 heteroatoms. The number of hydrazine groups is 1. The van der Waals surface area contributed by atoms with E-state index in [0.29, 0.717) is 42.6 Å². The summed E-state index contributed by atoms with van der Waals surface area (Å²) in [5, 5.41) is 0. The van der Waals surface area contributed by atoms with Crippen molar-refractivity contribution in [2.75, 3.05) is 34.0 Å². The van der Waals surface area contributed by atoms with Crippen LogP contribution < -0.4 is 34.5 Å². The maximum Gasteiger partial charge on any atom is 0.269 e. The van der Waals surface area contributed by atoms with Gasteiger partial charge in [0.1, 0.15) is 0 Å². The number of sulfonamides is 1. The van der Waals surface area contributed by atoms with Gasteiger partial charge in [-0.25, -0.2) is 13.1 Å². The Balaban J connectivity index is 1.49. The highest BCUT2D eigenvalue weighted by molar-refractivity contribution is 7.89. The van der Waals surface area contributed by atoms with Crippen LogP contribution in [0.15, 0.2) is 41.3 Å². The first kappa shape index (κ1) is 24.1. The maximum atomic E-state index is 12.5. The summed E-state index contributed by atoms with van der Waals surface area (Å²) in [5.74, 6) is 0.504. The number of carbonyl (C=O) groups is 2. The molecule has 0 unspecified atom stereocenters. The fourth-order valence-corrected chi connectivity index (χ4v) is 3.98. The smallest absolute Gasteiger partial charge is 0.269 e. The zero-order valence-electron chi connectivity index (χ0n) is 18.2. The molecule has 0 bridgehead atoms. The minimum absolute atomic E-state index is 0.00564. The highest BCUT2D eigenvalue weighted by Crippen LogP contribution is 2.31. The summed E-state index contributed by atoms with van der Waals surface area (Å²) >= 11 is 0. The van der Waals surface area contributed by atoms with Crippen LogP contribution in [0.1, 0.15) is 23.2 Å². The van der Waals surface area contributed by atoms with Crippen molar-refractivity contribution >= 4 is 21.8 Å². The van der Waals surface area contributed by atoms with Crippen molar-refractivity contribution in [2.45, 2.75) is 17.7 Å². The molecule has 0 atom stereocenters. The van der Waals surface area contributed by atoms with Gasteiger partial charge in [0.2, 0.25) is 15.9 Å². The summed E-state index contributed by atoms with van der Waals surface area (Å²) in [7, 11) is -0.956. The standard InChI is InChI=1S/C21H25N3O8S/c1-29-16-6-4-14(12-18(16)30-2)21(26)24-23-20(25)8-9-22-33(27,28)15-5-7-17-19(13-15)32-11-3-10-31-17/h4-7,12-13,22H,3,8-11H2,1-2H3,(H,23,25)(H,24,26). The van der Waals surface area contributed by atoms with E-state index in [1.165, 1.54) is 44.6 Å². The molecule has 1 aliphatic rings. The molecular weight excluding hydrogens is 454 g/mol. The van der Waals surface area contributed by atoms with Gasteiger partial charge in [-0.3, -0.25) is 20.4 Å². The largest absolute Gasteiger partial charge is 0.493 e. The van der Waals surface area contributed by atoms with Crippen molar-refractivity contribution in [1.29, 1.82) is 0 Å². The van der Waals surface area contributed by atoms with Crippen molar-refractivity contribution in [3.05, 3.63) is 42.0 Å². The second kappa shape index (κ2) is 10.9. The normalized spacial score (nSPS) is 12.9. The zero-order chi connectivity index (χ0) is 23.8. The maximum absolute atomic E-state index is 12.5. The van der Waals surface area contributed by atoms with E-state index in [4.69, 9.17) is 18.9 Å². The fourth-order valence-electron chi connectivity index (χ4n) is 2.93. The molecule has 33 heavy (non-hydrogen) atoms. The Labute approximate surface area is 191 Å². The van der Waals surface area contributed by atoms with Crippen LogP contribution in [0.4, 0.5) is 0 Å². The van der Waals surface area contributed by atoms with Crippen LogP contribution in [0.5, 0.6) is 23.0 Å². The van der Waals surface area contributed by atoms with Gasteiger partial charge >= 0.3 is 0 Å². The fraction of sp³-hybridized carbons (Fsp3) is 0.333. The van der Waals surface area contributed by atoms with Crippen LogP contribution in [-0.2, 0) is 14.8 Å². The average Bonchev–Trinajstić information content (AvgIpc) is 3.06. The molecular formula is C21H25N3O8S.